The summed E-state index contributed by atoms with van der Waals surface area (Å²) in [5, 5.41) is 3.22. The Bertz CT molecular complexity index is 370. The molecule has 0 aliphatic heterocycles. The van der Waals surface area contributed by atoms with Gasteiger partial charge in [0.15, 0.2) is 0 Å². The van der Waals surface area contributed by atoms with Crippen LogP contribution < -0.4 is 14.8 Å². The minimum Gasteiger partial charge on any atom is -0.497 e. The Hall–Kier alpha value is -1.36. The van der Waals surface area contributed by atoms with Gasteiger partial charge < -0.3 is 14.8 Å². The average molecular weight is 259 g/mol. The smallest absolute Gasteiger partial charge is 0.272 e. The fourth-order valence-corrected chi connectivity index (χ4v) is 1.43. The van der Waals surface area contributed by atoms with Crippen LogP contribution in [0, 0.1) is 0 Å². The molecule has 102 valence electrons. The van der Waals surface area contributed by atoms with Crippen LogP contribution >= 0.6 is 0 Å². The van der Waals surface area contributed by atoms with E-state index in [1.165, 1.54) is 0 Å². The Labute approximate surface area is 106 Å². The number of halogens is 2. The lowest BCUT2D eigenvalue weighted by atomic mass is 10.1. The van der Waals surface area contributed by atoms with E-state index in [1.807, 2.05) is 13.8 Å². The fourth-order valence-electron chi connectivity index (χ4n) is 1.43. The van der Waals surface area contributed by atoms with Crippen LogP contribution in [-0.4, -0.2) is 26.2 Å². The summed E-state index contributed by atoms with van der Waals surface area (Å²) in [5.41, 5.74) is 0.809. The van der Waals surface area contributed by atoms with Gasteiger partial charge >= 0.3 is 0 Å². The predicted octanol–water partition coefficient (Wildman–Crippen LogP) is 2.84. The molecular formula is C13H19F2NO2. The number of nitrogens with one attached hydrogen (secondary N) is 1. The number of hydrogen-bond acceptors (Lipinski definition) is 3. The highest BCUT2D eigenvalue weighted by Crippen LogP contribution is 2.24. The zero-order valence-electron chi connectivity index (χ0n) is 10.9. The Morgan fingerprint density at radius 3 is 2.56 bits per heavy atom. The first-order valence-electron chi connectivity index (χ1n) is 5.84. The monoisotopic (exact) mass is 259 g/mol. The molecule has 0 radical (unpaired) electrons. The lowest BCUT2D eigenvalue weighted by Crippen LogP contribution is -2.22. The van der Waals surface area contributed by atoms with Crippen molar-refractivity contribution in [3.63, 3.8) is 0 Å². The first-order chi connectivity index (χ1) is 8.52. The van der Waals surface area contributed by atoms with Crippen LogP contribution in [0.25, 0.3) is 0 Å². The van der Waals surface area contributed by atoms with Crippen molar-refractivity contribution in [1.82, 2.24) is 5.32 Å². The zero-order chi connectivity index (χ0) is 13.5. The van der Waals surface area contributed by atoms with Gasteiger partial charge in [0.05, 0.1) is 7.11 Å². The van der Waals surface area contributed by atoms with Crippen molar-refractivity contribution in [2.45, 2.75) is 32.9 Å². The molecule has 1 aromatic rings. The maximum absolute atomic E-state index is 12.1. The number of rotatable bonds is 7. The second kappa shape index (κ2) is 7.16. The standard InChI is InChI=1S/C13H19F2NO2/c1-9(2)16-7-10-6-11(17-3)4-5-12(10)18-8-13(14)15/h4-6,9,13,16H,7-8H2,1-3H3. The minimum atomic E-state index is -2.47. The number of alkyl halides is 2. The number of benzene rings is 1. The Morgan fingerprint density at radius 2 is 2.00 bits per heavy atom. The summed E-state index contributed by atoms with van der Waals surface area (Å²) in [6.07, 6.45) is -2.47. The van der Waals surface area contributed by atoms with Gasteiger partial charge in [-0.2, -0.15) is 0 Å². The Morgan fingerprint density at radius 1 is 1.28 bits per heavy atom. The van der Waals surface area contributed by atoms with Crippen molar-refractivity contribution < 1.29 is 18.3 Å². The molecule has 0 saturated carbocycles. The van der Waals surface area contributed by atoms with Crippen LogP contribution in [-0.2, 0) is 6.54 Å². The van der Waals surface area contributed by atoms with Gasteiger partial charge in [-0.15, -0.1) is 0 Å². The molecule has 0 amide bonds. The van der Waals surface area contributed by atoms with Gasteiger partial charge in [-0.1, -0.05) is 13.8 Å². The van der Waals surface area contributed by atoms with E-state index >= 15 is 0 Å². The first-order valence-corrected chi connectivity index (χ1v) is 5.84. The van der Waals surface area contributed by atoms with E-state index in [9.17, 15) is 8.78 Å². The Balaban J connectivity index is 2.79. The molecule has 0 spiro atoms. The van der Waals surface area contributed by atoms with Gasteiger partial charge in [-0.3, -0.25) is 0 Å². The minimum absolute atomic E-state index is 0.305. The molecule has 0 aromatic heterocycles. The van der Waals surface area contributed by atoms with E-state index in [4.69, 9.17) is 9.47 Å². The van der Waals surface area contributed by atoms with Crippen LogP contribution in [0.2, 0.25) is 0 Å². The molecule has 3 nitrogen and oxygen atoms in total. The molecule has 1 aromatic carbocycles. The van der Waals surface area contributed by atoms with E-state index in [1.54, 1.807) is 25.3 Å². The molecule has 18 heavy (non-hydrogen) atoms. The number of ether oxygens (including phenoxy) is 2. The molecule has 0 fully saturated rings. The molecule has 5 heteroatoms. The predicted molar refractivity (Wildman–Crippen MR) is 66.5 cm³/mol. The third-order valence-corrected chi connectivity index (χ3v) is 2.33. The van der Waals surface area contributed by atoms with Crippen molar-refractivity contribution in [1.29, 1.82) is 0 Å². The van der Waals surface area contributed by atoms with Crippen LogP contribution in [0.4, 0.5) is 8.78 Å². The van der Waals surface area contributed by atoms with Crippen LogP contribution in [0.15, 0.2) is 18.2 Å². The summed E-state index contributed by atoms with van der Waals surface area (Å²) in [7, 11) is 1.56. The molecule has 0 saturated heterocycles. The largest absolute Gasteiger partial charge is 0.497 e. The summed E-state index contributed by atoms with van der Waals surface area (Å²) in [6.45, 7) is 3.98. The molecule has 0 atom stereocenters. The summed E-state index contributed by atoms with van der Waals surface area (Å²) in [4.78, 5) is 0. The van der Waals surface area contributed by atoms with Gasteiger partial charge in [-0.05, 0) is 18.2 Å². The quantitative estimate of drug-likeness (QED) is 0.816. The van der Waals surface area contributed by atoms with Gasteiger partial charge in [0.25, 0.3) is 6.43 Å². The van der Waals surface area contributed by atoms with Gasteiger partial charge in [0.2, 0.25) is 0 Å². The summed E-state index contributed by atoms with van der Waals surface area (Å²) >= 11 is 0. The van der Waals surface area contributed by atoms with Crippen LogP contribution in [0.1, 0.15) is 19.4 Å². The van der Waals surface area contributed by atoms with E-state index in [2.05, 4.69) is 5.32 Å². The summed E-state index contributed by atoms with van der Waals surface area (Å²) in [6, 6.07) is 5.44. The zero-order valence-corrected chi connectivity index (χ0v) is 10.9. The van der Waals surface area contributed by atoms with E-state index < -0.39 is 13.0 Å². The van der Waals surface area contributed by atoms with Gasteiger partial charge in [-0.25, -0.2) is 8.78 Å². The van der Waals surface area contributed by atoms with E-state index in [0.29, 0.717) is 24.1 Å². The highest BCUT2D eigenvalue weighted by molar-refractivity contribution is 5.40. The lowest BCUT2D eigenvalue weighted by Gasteiger charge is -2.14. The van der Waals surface area contributed by atoms with Crippen LogP contribution in [0.3, 0.4) is 0 Å². The molecule has 0 bridgehead atoms. The maximum Gasteiger partial charge on any atom is 0.272 e. The van der Waals surface area contributed by atoms with Gasteiger partial charge in [0.1, 0.15) is 18.1 Å². The second-order valence-electron chi connectivity index (χ2n) is 4.21. The third kappa shape index (κ3) is 4.87. The molecule has 1 rings (SSSR count). The van der Waals surface area contributed by atoms with E-state index in [-0.39, 0.29) is 0 Å². The molecular weight excluding hydrogens is 240 g/mol. The van der Waals surface area contributed by atoms with Crippen molar-refractivity contribution >= 4 is 0 Å². The topological polar surface area (TPSA) is 30.5 Å². The third-order valence-electron chi connectivity index (χ3n) is 2.33. The van der Waals surface area contributed by atoms with Crippen molar-refractivity contribution in [3.05, 3.63) is 23.8 Å². The second-order valence-corrected chi connectivity index (χ2v) is 4.21. The molecule has 1 N–H and O–H groups in total. The maximum atomic E-state index is 12.1. The molecule has 0 aliphatic carbocycles. The highest BCUT2D eigenvalue weighted by atomic mass is 19.3. The van der Waals surface area contributed by atoms with Crippen molar-refractivity contribution in [2.24, 2.45) is 0 Å². The van der Waals surface area contributed by atoms with Crippen molar-refractivity contribution in [3.8, 4) is 11.5 Å². The molecule has 0 heterocycles. The molecule has 0 unspecified atom stereocenters. The SMILES string of the molecule is COc1ccc(OCC(F)F)c(CNC(C)C)c1. The summed E-state index contributed by atoms with van der Waals surface area (Å²) in [5.74, 6) is 1.14. The fraction of sp³-hybridized carbons (Fsp3) is 0.538. The average Bonchev–Trinajstić information content (AvgIpc) is 2.34. The Kier molecular flexibility index (Phi) is 5.85. The van der Waals surface area contributed by atoms with Crippen LogP contribution in [0.5, 0.6) is 11.5 Å². The normalized spacial score (nSPS) is 11.1. The number of hydrogen-bond donors (Lipinski definition) is 1. The van der Waals surface area contributed by atoms with Crippen molar-refractivity contribution in [2.75, 3.05) is 13.7 Å². The highest BCUT2D eigenvalue weighted by Gasteiger charge is 2.09. The van der Waals surface area contributed by atoms with E-state index in [0.717, 1.165) is 5.56 Å². The summed E-state index contributed by atoms with van der Waals surface area (Å²) < 4.78 is 34.5. The van der Waals surface area contributed by atoms with Gasteiger partial charge in [0, 0.05) is 18.2 Å². The molecule has 0 aliphatic rings. The lowest BCUT2D eigenvalue weighted by molar-refractivity contribution is 0.0813. The first kappa shape index (κ1) is 14.7. The number of methoxy groups -OCH3 is 1.